The Balaban J connectivity index is 2.57. The number of nitrogens with one attached hydrogen (secondary N) is 1. The summed E-state index contributed by atoms with van der Waals surface area (Å²) in [6.07, 6.45) is 2.07. The Kier molecular flexibility index (Phi) is 5.01. The molecule has 0 aromatic heterocycles. The molecule has 1 aromatic rings. The summed E-state index contributed by atoms with van der Waals surface area (Å²) in [6, 6.07) is 8.80. The summed E-state index contributed by atoms with van der Waals surface area (Å²) in [6.45, 7) is 2.93. The highest BCUT2D eigenvalue weighted by Crippen LogP contribution is 2.18. The van der Waals surface area contributed by atoms with Gasteiger partial charge in [0.25, 0.3) is 0 Å². The molecule has 78 valence electrons. The number of benzene rings is 1. The van der Waals surface area contributed by atoms with Gasteiger partial charge in [-0.2, -0.15) is 0 Å². The number of hydrogen-bond donors (Lipinski definition) is 2. The highest BCUT2D eigenvalue weighted by Gasteiger charge is 2.03. The van der Waals surface area contributed by atoms with Gasteiger partial charge in [-0.3, -0.25) is 0 Å². The molecule has 3 heteroatoms. The summed E-state index contributed by atoms with van der Waals surface area (Å²) in [4.78, 5) is 1.28. The topological polar surface area (TPSA) is 32.3 Å². The van der Waals surface area contributed by atoms with Crippen LogP contribution >= 0.6 is 11.8 Å². The Hall–Kier alpha value is -0.510. The van der Waals surface area contributed by atoms with Crippen LogP contribution in [0.1, 0.15) is 18.5 Å². The molecule has 0 fully saturated rings. The Bertz CT molecular complexity index is 260. The van der Waals surface area contributed by atoms with Crippen molar-refractivity contribution in [2.45, 2.75) is 17.9 Å². The van der Waals surface area contributed by atoms with E-state index in [2.05, 4.69) is 42.8 Å². The molecule has 0 amide bonds. The highest BCUT2D eigenvalue weighted by molar-refractivity contribution is 7.98. The molecule has 0 heterocycles. The Morgan fingerprint density at radius 2 is 2.00 bits per heavy atom. The fourth-order valence-electron chi connectivity index (χ4n) is 1.29. The van der Waals surface area contributed by atoms with E-state index in [0.29, 0.717) is 12.6 Å². The summed E-state index contributed by atoms with van der Waals surface area (Å²) in [5.41, 5.74) is 1.26. The van der Waals surface area contributed by atoms with Crippen LogP contribution in [0.4, 0.5) is 0 Å². The fourth-order valence-corrected chi connectivity index (χ4v) is 1.70. The number of hydrogen-bond acceptors (Lipinski definition) is 3. The number of thioether (sulfide) groups is 1. The fraction of sp³-hybridized carbons (Fsp3) is 0.455. The van der Waals surface area contributed by atoms with E-state index in [-0.39, 0.29) is 6.61 Å². The van der Waals surface area contributed by atoms with Gasteiger partial charge in [0.2, 0.25) is 0 Å². The molecule has 1 aromatic carbocycles. The lowest BCUT2D eigenvalue weighted by molar-refractivity contribution is 0.286. The van der Waals surface area contributed by atoms with Crippen LogP contribution in [0.3, 0.4) is 0 Å². The molecule has 2 nitrogen and oxygen atoms in total. The second-order valence-corrected chi connectivity index (χ2v) is 4.05. The number of aliphatic hydroxyl groups is 1. The van der Waals surface area contributed by atoms with Gasteiger partial charge in [-0.25, -0.2) is 0 Å². The third-order valence-electron chi connectivity index (χ3n) is 2.18. The van der Waals surface area contributed by atoms with E-state index < -0.39 is 0 Å². The van der Waals surface area contributed by atoms with Crippen molar-refractivity contribution < 1.29 is 5.11 Å². The average molecular weight is 211 g/mol. The molecule has 1 unspecified atom stereocenters. The summed E-state index contributed by atoms with van der Waals surface area (Å²) >= 11 is 1.75. The Morgan fingerprint density at radius 3 is 2.50 bits per heavy atom. The molecule has 0 spiro atoms. The summed E-state index contributed by atoms with van der Waals surface area (Å²) in [7, 11) is 0. The van der Waals surface area contributed by atoms with E-state index in [4.69, 9.17) is 5.11 Å². The van der Waals surface area contributed by atoms with E-state index in [1.807, 2.05) is 0 Å². The minimum absolute atomic E-state index is 0.188. The van der Waals surface area contributed by atoms with E-state index in [9.17, 15) is 0 Å². The maximum absolute atomic E-state index is 8.68. The van der Waals surface area contributed by atoms with Gasteiger partial charge in [0.05, 0.1) is 6.61 Å². The Morgan fingerprint density at radius 1 is 1.36 bits per heavy atom. The normalized spacial score (nSPS) is 12.8. The minimum Gasteiger partial charge on any atom is -0.395 e. The van der Waals surface area contributed by atoms with Crippen LogP contribution < -0.4 is 5.32 Å². The lowest BCUT2D eigenvalue weighted by Crippen LogP contribution is -2.21. The molecule has 0 saturated heterocycles. The smallest absolute Gasteiger partial charge is 0.0556 e. The van der Waals surface area contributed by atoms with Crippen LogP contribution in [-0.2, 0) is 0 Å². The molecule has 0 radical (unpaired) electrons. The van der Waals surface area contributed by atoms with Gasteiger partial charge in [0.1, 0.15) is 0 Å². The first-order valence-corrected chi connectivity index (χ1v) is 5.98. The van der Waals surface area contributed by atoms with E-state index in [1.54, 1.807) is 11.8 Å². The van der Waals surface area contributed by atoms with E-state index >= 15 is 0 Å². The van der Waals surface area contributed by atoms with Gasteiger partial charge < -0.3 is 10.4 Å². The lowest BCUT2D eigenvalue weighted by atomic mass is 10.1. The third-order valence-corrected chi connectivity index (χ3v) is 2.92. The van der Waals surface area contributed by atoms with Crippen molar-refractivity contribution >= 4 is 11.8 Å². The molecule has 2 N–H and O–H groups in total. The predicted octanol–water partition coefficient (Wildman–Crippen LogP) is 2.05. The first kappa shape index (κ1) is 11.6. The van der Waals surface area contributed by atoms with Gasteiger partial charge in [-0.15, -0.1) is 11.8 Å². The van der Waals surface area contributed by atoms with Gasteiger partial charge >= 0.3 is 0 Å². The van der Waals surface area contributed by atoms with Crippen LogP contribution in [0, 0.1) is 0 Å². The lowest BCUT2D eigenvalue weighted by Gasteiger charge is -2.13. The minimum atomic E-state index is 0.188. The van der Waals surface area contributed by atoms with Crippen LogP contribution in [0.15, 0.2) is 29.2 Å². The number of rotatable bonds is 5. The molecule has 0 aliphatic carbocycles. The van der Waals surface area contributed by atoms with Gasteiger partial charge in [0, 0.05) is 17.5 Å². The molecule has 0 aliphatic rings. The maximum Gasteiger partial charge on any atom is 0.0556 e. The quantitative estimate of drug-likeness (QED) is 0.731. The van der Waals surface area contributed by atoms with Crippen LogP contribution in [-0.4, -0.2) is 24.5 Å². The van der Waals surface area contributed by atoms with Gasteiger partial charge in [-0.05, 0) is 30.9 Å². The molecule has 0 bridgehead atoms. The third kappa shape index (κ3) is 3.33. The highest BCUT2D eigenvalue weighted by atomic mass is 32.2. The zero-order valence-corrected chi connectivity index (χ0v) is 9.47. The first-order chi connectivity index (χ1) is 6.77. The molecule has 0 aliphatic heterocycles. The van der Waals surface area contributed by atoms with Crippen molar-refractivity contribution in [3.63, 3.8) is 0 Å². The van der Waals surface area contributed by atoms with E-state index in [0.717, 1.165) is 0 Å². The van der Waals surface area contributed by atoms with Crippen molar-refractivity contribution in [3.05, 3.63) is 29.8 Å². The number of aliphatic hydroxyl groups excluding tert-OH is 1. The Labute approximate surface area is 89.7 Å². The van der Waals surface area contributed by atoms with Crippen molar-refractivity contribution in [2.75, 3.05) is 19.4 Å². The van der Waals surface area contributed by atoms with Gasteiger partial charge in [-0.1, -0.05) is 12.1 Å². The largest absolute Gasteiger partial charge is 0.395 e. The van der Waals surface area contributed by atoms with Crippen molar-refractivity contribution in [3.8, 4) is 0 Å². The van der Waals surface area contributed by atoms with Crippen LogP contribution in [0.25, 0.3) is 0 Å². The van der Waals surface area contributed by atoms with Crippen molar-refractivity contribution in [2.24, 2.45) is 0 Å². The van der Waals surface area contributed by atoms with Crippen molar-refractivity contribution in [1.29, 1.82) is 0 Å². The monoisotopic (exact) mass is 211 g/mol. The average Bonchev–Trinajstić information content (AvgIpc) is 2.26. The summed E-state index contributed by atoms with van der Waals surface area (Å²) < 4.78 is 0. The molecular weight excluding hydrogens is 194 g/mol. The second-order valence-electron chi connectivity index (χ2n) is 3.17. The zero-order chi connectivity index (χ0) is 10.4. The first-order valence-electron chi connectivity index (χ1n) is 4.76. The summed E-state index contributed by atoms with van der Waals surface area (Å²) in [5, 5.41) is 11.9. The SMILES string of the molecule is CSc1ccc(C(C)NCCO)cc1. The summed E-state index contributed by atoms with van der Waals surface area (Å²) in [5.74, 6) is 0. The van der Waals surface area contributed by atoms with Crippen LogP contribution in [0.5, 0.6) is 0 Å². The zero-order valence-electron chi connectivity index (χ0n) is 8.66. The second kappa shape index (κ2) is 6.06. The van der Waals surface area contributed by atoms with Crippen molar-refractivity contribution in [1.82, 2.24) is 5.32 Å². The molecule has 1 rings (SSSR count). The van der Waals surface area contributed by atoms with E-state index in [1.165, 1.54) is 10.5 Å². The predicted molar refractivity (Wildman–Crippen MR) is 61.7 cm³/mol. The standard InChI is InChI=1S/C11H17NOS/c1-9(12-7-8-13)10-3-5-11(14-2)6-4-10/h3-6,9,12-13H,7-8H2,1-2H3. The van der Waals surface area contributed by atoms with Gasteiger partial charge in [0.15, 0.2) is 0 Å². The molecular formula is C11H17NOS. The molecule has 0 saturated carbocycles. The maximum atomic E-state index is 8.68. The molecule has 1 atom stereocenters. The van der Waals surface area contributed by atoms with Crippen LogP contribution in [0.2, 0.25) is 0 Å². The molecule has 14 heavy (non-hydrogen) atoms.